The third-order valence-electron chi connectivity index (χ3n) is 18.5. The lowest BCUT2D eigenvalue weighted by atomic mass is 9.67. The van der Waals surface area contributed by atoms with Gasteiger partial charge in [-0.05, 0) is 212 Å². The maximum absolute atomic E-state index is 14.6. The van der Waals surface area contributed by atoms with Crippen LogP contribution in [0.2, 0.25) is 0 Å². The lowest BCUT2D eigenvalue weighted by Crippen LogP contribution is -2.29. The minimum Gasteiger partial charge on any atom is -0.478 e. The largest absolute Gasteiger partial charge is 0.478 e. The van der Waals surface area contributed by atoms with Gasteiger partial charge in [-0.1, -0.05) is 175 Å². The van der Waals surface area contributed by atoms with Gasteiger partial charge in [-0.25, -0.2) is 23.2 Å². The van der Waals surface area contributed by atoms with E-state index in [-0.39, 0.29) is 55.9 Å². The molecule has 0 saturated heterocycles. The summed E-state index contributed by atoms with van der Waals surface area (Å²) >= 11 is 0. The number of carboxylic acids is 3. The number of aromatic carboxylic acids is 3. The first-order chi connectivity index (χ1) is 50.5. The predicted octanol–water partition coefficient (Wildman–Crippen LogP) is 17.7. The standard InChI is InChI=1S/C25H18F2N2.C25H20N2.C15H14F3N.C14H12N2O4.C7H8N2O2/c26-21-13-15(9-11-23(21)28)25(16-10-12-24(29)22(27)14-16)19-7-3-1-5-17(19)18-6-2-4-8-20(18)25;26-19-13-9-17(10-14-19)25(18-11-15-20(27)16-12-18)23-7-3-1-5-21(23)22-6-2-4-8-24(22)25;1-9-3-5-12(10(2)7-9)13-6-4-11(19)8-14(13)15(16,17)18;15-7-1-3-9(11(5-7)13(17)18)10-4-2-8(16)6-12(10)14(19)20;8-5-1-4(7(10)11)2-6(9)3-5/h1-14H,28-29H2;1-16H,26-27H2;3-8H,19H2,1-2H3;1-6H,15-16H2,(H,17,18)(H,19,20);1-3H,8-9H2,(H,10,11). The highest BCUT2D eigenvalue weighted by atomic mass is 19.4. The number of aryl methyl sites for hydroxylation is 2. The van der Waals surface area contributed by atoms with E-state index < -0.39 is 46.7 Å². The van der Waals surface area contributed by atoms with Crippen molar-refractivity contribution in [3.63, 3.8) is 0 Å². The summed E-state index contributed by atoms with van der Waals surface area (Å²) < 4.78 is 68.4. The lowest BCUT2D eigenvalue weighted by molar-refractivity contribution is -0.137. The molecule has 20 heteroatoms. The van der Waals surface area contributed by atoms with Crippen molar-refractivity contribution in [3.05, 3.63) is 363 Å². The van der Waals surface area contributed by atoms with Gasteiger partial charge in [0, 0.05) is 39.8 Å². The van der Waals surface area contributed by atoms with Gasteiger partial charge in [0.15, 0.2) is 0 Å². The van der Waals surface area contributed by atoms with Crippen LogP contribution >= 0.6 is 0 Å². The van der Waals surface area contributed by atoms with Crippen molar-refractivity contribution in [2.45, 2.75) is 30.9 Å². The second kappa shape index (κ2) is 30.0. The number of halogens is 5. The number of nitrogens with two attached hydrogens (primary N) is 9. The Morgan fingerprint density at radius 3 is 0.991 bits per heavy atom. The average molecular weight is 1420 g/mol. The number of hydrogen-bond donors (Lipinski definition) is 12. The number of hydrogen-bond acceptors (Lipinski definition) is 12. The SMILES string of the molecule is Cc1ccc(-c2ccc(N)cc2C(F)(F)F)c(C)c1.Nc1cc(N)cc(C(=O)O)c1.Nc1ccc(-c2ccc(N)cc2C(=O)O)c(C(=O)O)c1.Nc1ccc(C2(c3ccc(N)c(F)c3)c3ccccc3-c3ccccc32)cc1F.Nc1ccc(C2(c3ccc(N)cc3)c3ccccc3-c3ccccc32)cc1. The molecule has 0 aromatic heterocycles. The number of nitrogen functional groups attached to an aromatic ring is 9. The van der Waals surface area contributed by atoms with E-state index in [9.17, 15) is 46.5 Å². The smallest absolute Gasteiger partial charge is 0.417 e. The van der Waals surface area contributed by atoms with Crippen LogP contribution in [0.1, 0.15) is 92.3 Å². The first kappa shape index (κ1) is 73.3. The molecule has 21 N–H and O–H groups in total. The highest BCUT2D eigenvalue weighted by molar-refractivity contribution is 6.03. The molecule has 13 aromatic carbocycles. The molecule has 2 aliphatic carbocycles. The van der Waals surface area contributed by atoms with Crippen molar-refractivity contribution in [1.29, 1.82) is 0 Å². The molecule has 15 rings (SSSR count). The molecule has 0 radical (unpaired) electrons. The molecule has 15 nitrogen and oxygen atoms in total. The molecule has 0 fully saturated rings. The molecule has 0 unspecified atom stereocenters. The summed E-state index contributed by atoms with van der Waals surface area (Å²) in [7, 11) is 0. The zero-order valence-electron chi connectivity index (χ0n) is 57.1. The zero-order valence-corrected chi connectivity index (χ0v) is 57.1. The Balaban J connectivity index is 0.000000136. The van der Waals surface area contributed by atoms with Gasteiger partial charge in [0.2, 0.25) is 0 Å². The molecule has 0 aliphatic heterocycles. The molecule has 13 aromatic rings. The summed E-state index contributed by atoms with van der Waals surface area (Å²) in [4.78, 5) is 32.9. The molecule has 2 aliphatic rings. The van der Waals surface area contributed by atoms with Crippen molar-refractivity contribution in [3.8, 4) is 44.5 Å². The lowest BCUT2D eigenvalue weighted by Gasteiger charge is -2.34. The Morgan fingerprint density at radius 1 is 0.311 bits per heavy atom. The van der Waals surface area contributed by atoms with Crippen LogP contribution in [0.3, 0.4) is 0 Å². The van der Waals surface area contributed by atoms with Crippen LogP contribution in [0.4, 0.5) is 73.1 Å². The van der Waals surface area contributed by atoms with Crippen LogP contribution in [-0.2, 0) is 17.0 Å². The maximum Gasteiger partial charge on any atom is 0.417 e. The van der Waals surface area contributed by atoms with Gasteiger partial charge in [-0.3, -0.25) is 0 Å². The quantitative estimate of drug-likeness (QED) is 0.0472. The normalized spacial score (nSPS) is 12.3. The molecular weight excluding hydrogens is 1350 g/mol. The van der Waals surface area contributed by atoms with E-state index >= 15 is 0 Å². The molecule has 0 amide bonds. The molecule has 0 heterocycles. The second-order valence-corrected chi connectivity index (χ2v) is 25.4. The number of fused-ring (bicyclic) bond motifs is 6. The number of anilines is 9. The fourth-order valence-electron chi connectivity index (χ4n) is 13.9. The van der Waals surface area contributed by atoms with E-state index in [0.29, 0.717) is 39.4 Å². The minimum absolute atomic E-state index is 0.0581. The fourth-order valence-corrected chi connectivity index (χ4v) is 13.9. The Hall–Kier alpha value is -13.9. The average Bonchev–Trinajstić information content (AvgIpc) is 1.59. The Labute approximate surface area is 607 Å². The van der Waals surface area contributed by atoms with Gasteiger partial charge in [-0.2, -0.15) is 13.2 Å². The third kappa shape index (κ3) is 14.5. The zero-order chi connectivity index (χ0) is 76.1. The summed E-state index contributed by atoms with van der Waals surface area (Å²) in [6.07, 6.45) is -4.41. The van der Waals surface area contributed by atoms with Crippen LogP contribution in [-0.4, -0.2) is 33.2 Å². The van der Waals surface area contributed by atoms with Gasteiger partial charge in [0.1, 0.15) is 11.6 Å². The van der Waals surface area contributed by atoms with E-state index in [4.69, 9.17) is 56.7 Å². The van der Waals surface area contributed by atoms with Crippen molar-refractivity contribution in [2.75, 3.05) is 51.6 Å². The molecule has 532 valence electrons. The molecule has 0 atom stereocenters. The summed E-state index contributed by atoms with van der Waals surface area (Å²) in [5, 5.41) is 26.9. The summed E-state index contributed by atoms with van der Waals surface area (Å²) in [5.41, 5.74) is 68.0. The van der Waals surface area contributed by atoms with E-state index in [1.807, 2.05) is 97.9 Å². The number of rotatable bonds is 9. The first-order valence-electron chi connectivity index (χ1n) is 32.9. The third-order valence-corrected chi connectivity index (χ3v) is 18.5. The summed E-state index contributed by atoms with van der Waals surface area (Å²) in [6, 6.07) is 81.5. The number of alkyl halides is 3. The Morgan fingerprint density at radius 2 is 0.642 bits per heavy atom. The number of carbonyl (C=O) groups is 3. The first-order valence-corrected chi connectivity index (χ1v) is 32.9. The fraction of sp³-hybridized carbons (Fsp3) is 0.0581. The second-order valence-electron chi connectivity index (χ2n) is 25.4. The van der Waals surface area contributed by atoms with E-state index in [1.165, 1.54) is 112 Å². The molecule has 0 spiro atoms. The van der Waals surface area contributed by atoms with E-state index in [1.54, 1.807) is 31.2 Å². The number of carboxylic acid groups (broad SMARTS) is 3. The molecule has 0 saturated carbocycles. The van der Waals surface area contributed by atoms with Crippen molar-refractivity contribution < 1.29 is 51.7 Å². The van der Waals surface area contributed by atoms with Crippen LogP contribution < -0.4 is 51.6 Å². The predicted molar refractivity (Wildman–Crippen MR) is 413 cm³/mol. The van der Waals surface area contributed by atoms with Crippen molar-refractivity contribution in [1.82, 2.24) is 0 Å². The minimum atomic E-state index is -4.41. The topological polar surface area (TPSA) is 346 Å². The maximum atomic E-state index is 14.6. The van der Waals surface area contributed by atoms with Crippen LogP contribution in [0.25, 0.3) is 44.5 Å². The van der Waals surface area contributed by atoms with Crippen LogP contribution in [0.15, 0.2) is 273 Å². The van der Waals surface area contributed by atoms with Crippen molar-refractivity contribution >= 4 is 69.1 Å². The Kier molecular flexibility index (Phi) is 20.7. The molecule has 0 bridgehead atoms. The van der Waals surface area contributed by atoms with Gasteiger partial charge in [0.05, 0.1) is 44.5 Å². The summed E-state index contributed by atoms with van der Waals surface area (Å²) in [6.45, 7) is 3.71. The van der Waals surface area contributed by atoms with Gasteiger partial charge >= 0.3 is 24.1 Å². The highest BCUT2D eigenvalue weighted by Gasteiger charge is 2.48. The Bertz CT molecular complexity index is 5260. The number of benzene rings is 13. The van der Waals surface area contributed by atoms with Gasteiger partial charge < -0.3 is 66.9 Å². The monoisotopic (exact) mass is 1420 g/mol. The molecule has 106 heavy (non-hydrogen) atoms. The van der Waals surface area contributed by atoms with Crippen molar-refractivity contribution in [2.24, 2.45) is 0 Å². The summed E-state index contributed by atoms with van der Waals surface area (Å²) in [5.74, 6) is -4.38. The van der Waals surface area contributed by atoms with E-state index in [2.05, 4.69) is 72.8 Å². The van der Waals surface area contributed by atoms with E-state index in [0.717, 1.165) is 50.8 Å². The highest BCUT2D eigenvalue weighted by Crippen LogP contribution is 2.58. The van der Waals surface area contributed by atoms with Crippen LogP contribution in [0, 0.1) is 25.5 Å². The van der Waals surface area contributed by atoms with Crippen LogP contribution in [0.5, 0.6) is 0 Å². The van der Waals surface area contributed by atoms with Gasteiger partial charge in [-0.15, -0.1) is 0 Å². The molecular formula is C86H72F5N9O6. The van der Waals surface area contributed by atoms with Gasteiger partial charge in [0.25, 0.3) is 0 Å².